The summed E-state index contributed by atoms with van der Waals surface area (Å²) in [6.45, 7) is 6.07. The molecule has 2 aliphatic rings. The Morgan fingerprint density at radius 1 is 1.26 bits per heavy atom. The molecule has 0 bridgehead atoms. The van der Waals surface area contributed by atoms with E-state index in [-0.39, 0.29) is 23.1 Å². The highest BCUT2D eigenvalue weighted by atomic mass is 16.5. The number of hydrogen-bond donors (Lipinski definition) is 1. The monoisotopic (exact) mass is 366 g/mol. The number of carbonyl (C=O) groups excluding carboxylic acids is 2. The Morgan fingerprint density at radius 3 is 2.63 bits per heavy atom. The van der Waals surface area contributed by atoms with Crippen molar-refractivity contribution in [3.63, 3.8) is 0 Å². The number of anilines is 1. The molecule has 2 heterocycles. The fraction of sp³-hybridized carbons (Fsp3) is 0.381. The van der Waals surface area contributed by atoms with Crippen molar-refractivity contribution in [3.8, 4) is 0 Å². The molecule has 2 aromatic rings. The zero-order valence-corrected chi connectivity index (χ0v) is 15.9. The summed E-state index contributed by atoms with van der Waals surface area (Å²) >= 11 is 0. The van der Waals surface area contributed by atoms with Crippen LogP contribution in [0.5, 0.6) is 0 Å². The van der Waals surface area contributed by atoms with Crippen LogP contribution in [0.4, 0.5) is 5.88 Å². The summed E-state index contributed by atoms with van der Waals surface area (Å²) in [6, 6.07) is 7.19. The van der Waals surface area contributed by atoms with Gasteiger partial charge in [-0.1, -0.05) is 31.1 Å². The largest absolute Gasteiger partial charge is 0.465 e. The maximum atomic E-state index is 13.1. The molecule has 0 unspecified atom stereocenters. The number of aryl methyl sites for hydroxylation is 1. The van der Waals surface area contributed by atoms with Gasteiger partial charge in [0.05, 0.1) is 23.9 Å². The molecule has 1 N–H and O–H groups in total. The van der Waals surface area contributed by atoms with Gasteiger partial charge in [0.15, 0.2) is 5.78 Å². The Balaban J connectivity index is 1.85. The predicted molar refractivity (Wildman–Crippen MR) is 99.5 cm³/mol. The lowest BCUT2D eigenvalue weighted by Crippen LogP contribution is -2.33. The number of nitrogens with zero attached hydrogens (tertiary/aromatic N) is 1. The fourth-order valence-electron chi connectivity index (χ4n) is 4.13. The third-order valence-electron chi connectivity index (χ3n) is 5.34. The summed E-state index contributed by atoms with van der Waals surface area (Å²) in [5, 5.41) is 7.40. The topological polar surface area (TPSA) is 81.4 Å². The van der Waals surface area contributed by atoms with Crippen molar-refractivity contribution in [2.45, 2.75) is 39.5 Å². The van der Waals surface area contributed by atoms with E-state index in [1.54, 1.807) is 12.1 Å². The molecular formula is C21H22N2O4. The number of allylic oxidation sites excluding steroid dienone is 2. The van der Waals surface area contributed by atoms with Gasteiger partial charge in [0.1, 0.15) is 0 Å². The highest BCUT2D eigenvalue weighted by molar-refractivity contribution is 6.01. The Bertz CT molecular complexity index is 967. The van der Waals surface area contributed by atoms with Crippen molar-refractivity contribution in [3.05, 3.63) is 57.9 Å². The number of ketones is 1. The Kier molecular flexibility index (Phi) is 3.94. The SMILES string of the molecule is COC(=O)c1ccc([C@@H]2C3=C(CC(C)(C)CC3=O)Nc3onc(C)c32)cc1. The van der Waals surface area contributed by atoms with E-state index in [2.05, 4.69) is 24.3 Å². The third-order valence-corrected chi connectivity index (χ3v) is 5.34. The third kappa shape index (κ3) is 2.85. The summed E-state index contributed by atoms with van der Waals surface area (Å²) in [4.78, 5) is 24.8. The van der Waals surface area contributed by atoms with Crippen molar-refractivity contribution >= 4 is 17.6 Å². The van der Waals surface area contributed by atoms with E-state index in [1.807, 2.05) is 19.1 Å². The van der Waals surface area contributed by atoms with Crippen molar-refractivity contribution in [1.29, 1.82) is 0 Å². The van der Waals surface area contributed by atoms with Gasteiger partial charge in [-0.25, -0.2) is 4.79 Å². The molecule has 1 aliphatic carbocycles. The van der Waals surface area contributed by atoms with Crippen LogP contribution in [0, 0.1) is 12.3 Å². The molecule has 4 rings (SSSR count). The van der Waals surface area contributed by atoms with E-state index in [4.69, 9.17) is 9.26 Å². The number of rotatable bonds is 2. The molecule has 6 heteroatoms. The molecule has 0 spiro atoms. The predicted octanol–water partition coefficient (Wildman–Crippen LogP) is 3.97. The van der Waals surface area contributed by atoms with Crippen LogP contribution in [0.25, 0.3) is 0 Å². The van der Waals surface area contributed by atoms with Gasteiger partial charge in [0, 0.05) is 23.6 Å². The average Bonchev–Trinajstić information content (AvgIpc) is 2.99. The smallest absolute Gasteiger partial charge is 0.337 e. The maximum absolute atomic E-state index is 13.1. The first-order chi connectivity index (χ1) is 12.8. The molecule has 0 saturated heterocycles. The van der Waals surface area contributed by atoms with E-state index in [0.717, 1.165) is 34.5 Å². The highest BCUT2D eigenvalue weighted by Crippen LogP contribution is 2.49. The first-order valence-corrected chi connectivity index (χ1v) is 8.98. The summed E-state index contributed by atoms with van der Waals surface area (Å²) in [6.07, 6.45) is 1.27. The van der Waals surface area contributed by atoms with Crippen LogP contribution in [-0.2, 0) is 9.53 Å². The number of aromatic nitrogens is 1. The van der Waals surface area contributed by atoms with Gasteiger partial charge < -0.3 is 14.6 Å². The van der Waals surface area contributed by atoms with Gasteiger partial charge in [0.2, 0.25) is 5.88 Å². The maximum Gasteiger partial charge on any atom is 0.337 e. The molecule has 1 aromatic heterocycles. The van der Waals surface area contributed by atoms with Gasteiger partial charge in [-0.15, -0.1) is 0 Å². The molecule has 140 valence electrons. The van der Waals surface area contributed by atoms with Crippen LogP contribution in [0.3, 0.4) is 0 Å². The first kappa shape index (κ1) is 17.5. The molecular weight excluding hydrogens is 344 g/mol. The number of ether oxygens (including phenoxy) is 1. The minimum absolute atomic E-state index is 0.102. The molecule has 0 radical (unpaired) electrons. The lowest BCUT2D eigenvalue weighted by molar-refractivity contribution is -0.118. The standard InChI is InChI=1S/C21H22N2O4/c1-11-16-17(12-5-7-13(8-6-12)20(25)26-4)18-14(22-19(16)27-23-11)9-21(2,3)10-15(18)24/h5-8,17,22H,9-10H2,1-4H3/t17-/m0/s1. The van der Waals surface area contributed by atoms with Crippen molar-refractivity contribution < 1.29 is 18.8 Å². The summed E-state index contributed by atoms with van der Waals surface area (Å²) in [5.74, 6) is 0.0998. The van der Waals surface area contributed by atoms with Crippen LogP contribution in [0.1, 0.15) is 59.8 Å². The minimum atomic E-state index is -0.385. The number of nitrogens with one attached hydrogen (secondary N) is 1. The van der Waals surface area contributed by atoms with E-state index >= 15 is 0 Å². The second kappa shape index (κ2) is 6.08. The van der Waals surface area contributed by atoms with Gasteiger partial charge in [-0.05, 0) is 36.5 Å². The van der Waals surface area contributed by atoms with Crippen molar-refractivity contribution in [2.24, 2.45) is 5.41 Å². The van der Waals surface area contributed by atoms with E-state index < -0.39 is 0 Å². The zero-order chi connectivity index (χ0) is 19.3. The van der Waals surface area contributed by atoms with E-state index in [1.165, 1.54) is 7.11 Å². The lowest BCUT2D eigenvalue weighted by Gasteiger charge is -2.37. The summed E-state index contributed by atoms with van der Waals surface area (Å²) in [5.41, 5.74) is 4.62. The average molecular weight is 366 g/mol. The number of hydrogen-bond acceptors (Lipinski definition) is 6. The Morgan fingerprint density at radius 2 is 1.96 bits per heavy atom. The number of Topliss-reactive ketones (excluding diaryl/α,β-unsaturated/α-hetero) is 1. The van der Waals surface area contributed by atoms with Crippen LogP contribution >= 0.6 is 0 Å². The fourth-order valence-corrected chi connectivity index (χ4v) is 4.13. The van der Waals surface area contributed by atoms with Gasteiger partial charge in [-0.2, -0.15) is 0 Å². The second-order valence-corrected chi connectivity index (χ2v) is 8.02. The van der Waals surface area contributed by atoms with Gasteiger partial charge >= 0.3 is 5.97 Å². The molecule has 0 fully saturated rings. The Labute approximate surface area is 157 Å². The number of fused-ring (bicyclic) bond motifs is 1. The normalized spacial score (nSPS) is 20.6. The van der Waals surface area contributed by atoms with Crippen LogP contribution < -0.4 is 5.32 Å². The van der Waals surface area contributed by atoms with Crippen LogP contribution in [-0.4, -0.2) is 24.0 Å². The molecule has 1 aromatic carbocycles. The van der Waals surface area contributed by atoms with Crippen LogP contribution in [0.15, 0.2) is 40.1 Å². The lowest BCUT2D eigenvalue weighted by atomic mass is 9.69. The molecule has 0 amide bonds. The number of benzene rings is 1. The zero-order valence-electron chi connectivity index (χ0n) is 15.9. The van der Waals surface area contributed by atoms with Gasteiger partial charge in [-0.3, -0.25) is 4.79 Å². The van der Waals surface area contributed by atoms with E-state index in [9.17, 15) is 9.59 Å². The van der Waals surface area contributed by atoms with Gasteiger partial charge in [0.25, 0.3) is 0 Å². The first-order valence-electron chi connectivity index (χ1n) is 8.98. The number of methoxy groups -OCH3 is 1. The number of carbonyl (C=O) groups is 2. The van der Waals surface area contributed by atoms with Crippen LogP contribution in [0.2, 0.25) is 0 Å². The minimum Gasteiger partial charge on any atom is -0.465 e. The quantitative estimate of drug-likeness (QED) is 0.810. The molecule has 1 atom stereocenters. The van der Waals surface area contributed by atoms with Crippen molar-refractivity contribution in [1.82, 2.24) is 5.16 Å². The Hall–Kier alpha value is -2.89. The summed E-state index contributed by atoms with van der Waals surface area (Å²) in [7, 11) is 1.36. The molecule has 0 saturated carbocycles. The summed E-state index contributed by atoms with van der Waals surface area (Å²) < 4.78 is 10.3. The second-order valence-electron chi connectivity index (χ2n) is 8.02. The highest BCUT2D eigenvalue weighted by Gasteiger charge is 2.42. The molecule has 1 aliphatic heterocycles. The van der Waals surface area contributed by atoms with Crippen molar-refractivity contribution in [2.75, 3.05) is 12.4 Å². The molecule has 27 heavy (non-hydrogen) atoms. The number of esters is 1. The van der Waals surface area contributed by atoms with E-state index in [0.29, 0.717) is 17.9 Å². The molecule has 6 nitrogen and oxygen atoms in total.